The molecule has 8 heteroatoms. The van der Waals surface area contributed by atoms with Crippen molar-refractivity contribution in [2.75, 3.05) is 27.3 Å². The minimum Gasteiger partial charge on any atom is -0.468 e. The van der Waals surface area contributed by atoms with Gasteiger partial charge in [0, 0.05) is 30.7 Å². The van der Waals surface area contributed by atoms with Gasteiger partial charge < -0.3 is 19.4 Å². The fraction of sp³-hybridized carbons (Fsp3) is 0.548. The molecule has 1 aliphatic carbocycles. The zero-order valence-electron chi connectivity index (χ0n) is 23.6. The number of nitrogens with one attached hydrogen (secondary N) is 1. The molecule has 5 rings (SSSR count). The first-order valence-electron chi connectivity index (χ1n) is 14.3. The Bertz CT molecular complexity index is 1320. The maximum absolute atomic E-state index is 12.7. The van der Waals surface area contributed by atoms with E-state index in [9.17, 15) is 9.59 Å². The minimum absolute atomic E-state index is 0.0974. The summed E-state index contributed by atoms with van der Waals surface area (Å²) >= 11 is 1.49. The number of aromatic nitrogens is 1. The number of rotatable bonds is 9. The quantitative estimate of drug-likeness (QED) is 0.332. The van der Waals surface area contributed by atoms with E-state index in [0.717, 1.165) is 60.4 Å². The van der Waals surface area contributed by atoms with Gasteiger partial charge in [0.15, 0.2) is 0 Å². The number of methoxy groups -OCH3 is 2. The van der Waals surface area contributed by atoms with Crippen molar-refractivity contribution in [2.24, 2.45) is 0 Å². The monoisotopic (exact) mass is 551 g/mol. The second-order valence-corrected chi connectivity index (χ2v) is 12.2. The fourth-order valence-electron chi connectivity index (χ4n) is 6.35. The van der Waals surface area contributed by atoms with E-state index in [1.807, 2.05) is 6.07 Å². The summed E-state index contributed by atoms with van der Waals surface area (Å²) in [6.07, 6.45) is 7.02. The average Bonchev–Trinajstić information content (AvgIpc) is 3.67. The van der Waals surface area contributed by atoms with E-state index in [4.69, 9.17) is 9.47 Å². The van der Waals surface area contributed by atoms with Gasteiger partial charge in [-0.1, -0.05) is 43.5 Å². The first kappa shape index (κ1) is 27.9. The fourth-order valence-corrected chi connectivity index (χ4v) is 7.55. The van der Waals surface area contributed by atoms with Crippen LogP contribution in [-0.4, -0.2) is 60.8 Å². The third-order valence-corrected chi connectivity index (χ3v) is 9.63. The maximum atomic E-state index is 12.7. The van der Waals surface area contributed by atoms with Crippen LogP contribution in [0.15, 0.2) is 30.3 Å². The largest absolute Gasteiger partial charge is 0.468 e. The predicted molar refractivity (Wildman–Crippen MR) is 156 cm³/mol. The number of esters is 2. The molecule has 1 saturated carbocycles. The van der Waals surface area contributed by atoms with Crippen LogP contribution >= 0.6 is 11.3 Å². The van der Waals surface area contributed by atoms with Crippen LogP contribution in [0.1, 0.15) is 79.1 Å². The van der Waals surface area contributed by atoms with Crippen molar-refractivity contribution in [1.29, 1.82) is 0 Å². The summed E-state index contributed by atoms with van der Waals surface area (Å²) in [5.74, 6) is -0.257. The molecule has 210 valence electrons. The van der Waals surface area contributed by atoms with E-state index in [1.54, 1.807) is 0 Å². The molecule has 1 saturated heterocycles. The number of benzene rings is 1. The first-order valence-corrected chi connectivity index (χ1v) is 15.1. The molecule has 1 N–H and O–H groups in total. The molecular formula is C31H41N3O4S. The van der Waals surface area contributed by atoms with Gasteiger partial charge in [-0.25, -0.2) is 4.79 Å². The van der Waals surface area contributed by atoms with Crippen molar-refractivity contribution < 1.29 is 19.1 Å². The van der Waals surface area contributed by atoms with Gasteiger partial charge in [-0.05, 0) is 62.8 Å². The van der Waals surface area contributed by atoms with Crippen LogP contribution in [0.5, 0.6) is 0 Å². The van der Waals surface area contributed by atoms with E-state index in [2.05, 4.69) is 52.9 Å². The lowest BCUT2D eigenvalue weighted by Crippen LogP contribution is -2.34. The Morgan fingerprint density at radius 2 is 1.85 bits per heavy atom. The van der Waals surface area contributed by atoms with E-state index in [-0.39, 0.29) is 18.5 Å². The Labute approximate surface area is 235 Å². The number of likely N-dealkylation sites (tertiary alicyclic amines) is 1. The van der Waals surface area contributed by atoms with Crippen LogP contribution in [0.3, 0.4) is 0 Å². The summed E-state index contributed by atoms with van der Waals surface area (Å²) in [6.45, 7) is 7.58. The molecule has 0 unspecified atom stereocenters. The molecule has 1 aromatic carbocycles. The summed E-state index contributed by atoms with van der Waals surface area (Å²) in [5, 5.41) is 3.82. The second-order valence-electron chi connectivity index (χ2n) is 11.2. The second kappa shape index (κ2) is 12.2. The van der Waals surface area contributed by atoms with Gasteiger partial charge in [0.05, 0.1) is 30.1 Å². The van der Waals surface area contributed by atoms with Gasteiger partial charge in [-0.15, -0.1) is 11.3 Å². The number of carbonyl (C=O) groups is 2. The van der Waals surface area contributed by atoms with Crippen LogP contribution in [-0.2, 0) is 27.4 Å². The van der Waals surface area contributed by atoms with Crippen LogP contribution in [0, 0.1) is 0 Å². The number of hydrogen-bond donors (Lipinski definition) is 1. The summed E-state index contributed by atoms with van der Waals surface area (Å²) < 4.78 is 13.4. The highest BCUT2D eigenvalue weighted by molar-refractivity contribution is 7.21. The van der Waals surface area contributed by atoms with Crippen molar-refractivity contribution in [3.8, 4) is 11.3 Å². The van der Waals surface area contributed by atoms with Gasteiger partial charge in [0.1, 0.15) is 11.4 Å². The third kappa shape index (κ3) is 5.79. The molecule has 39 heavy (non-hydrogen) atoms. The molecule has 2 aliphatic rings. The van der Waals surface area contributed by atoms with Crippen molar-refractivity contribution in [3.05, 3.63) is 46.3 Å². The number of nitrogens with zero attached hydrogens (tertiary/aromatic N) is 2. The molecule has 1 aliphatic heterocycles. The van der Waals surface area contributed by atoms with Crippen LogP contribution in [0.25, 0.3) is 21.5 Å². The SMILES string of the molecule is COC(=O)Cn1c(-c2ccccc2CN[C@H]2CCN(C(C)C)C2)c(C2CCCCC2)c2sc(C(=O)OC)cc21. The Morgan fingerprint density at radius 1 is 1.08 bits per heavy atom. The van der Waals surface area contributed by atoms with E-state index in [1.165, 1.54) is 55.9 Å². The number of ether oxygens (including phenoxy) is 2. The standard InChI is InChI=1S/C31H41N3O4S/c1-20(2)33-15-14-23(18-33)32-17-22-12-8-9-13-24(22)29-28(21-10-6-5-7-11-21)30-25(34(29)19-27(35)37-3)16-26(39-30)31(36)38-4/h8-9,12-13,16,20-21,23,32H,5-7,10-11,14-15,17-19H2,1-4H3/t23-/m0/s1. The van der Waals surface area contributed by atoms with Crippen molar-refractivity contribution in [2.45, 2.75) is 83.5 Å². The van der Waals surface area contributed by atoms with E-state index >= 15 is 0 Å². The molecule has 7 nitrogen and oxygen atoms in total. The topological polar surface area (TPSA) is 72.8 Å². The lowest BCUT2D eigenvalue weighted by atomic mass is 9.82. The number of carbonyl (C=O) groups excluding carboxylic acids is 2. The Hall–Kier alpha value is -2.68. The van der Waals surface area contributed by atoms with Gasteiger partial charge in [-0.2, -0.15) is 0 Å². The highest BCUT2D eigenvalue weighted by Crippen LogP contribution is 2.47. The number of hydrogen-bond acceptors (Lipinski definition) is 7. The maximum Gasteiger partial charge on any atom is 0.348 e. The number of thiophene rings is 1. The van der Waals surface area contributed by atoms with Gasteiger partial charge >= 0.3 is 11.9 Å². The highest BCUT2D eigenvalue weighted by Gasteiger charge is 2.31. The normalized spacial score (nSPS) is 18.7. The smallest absolute Gasteiger partial charge is 0.348 e. The van der Waals surface area contributed by atoms with Crippen LogP contribution < -0.4 is 5.32 Å². The van der Waals surface area contributed by atoms with Crippen molar-refractivity contribution >= 4 is 33.5 Å². The molecule has 3 aromatic rings. The van der Waals surface area contributed by atoms with E-state index in [0.29, 0.717) is 22.9 Å². The average molecular weight is 552 g/mol. The molecule has 0 amide bonds. The van der Waals surface area contributed by atoms with Gasteiger partial charge in [-0.3, -0.25) is 9.69 Å². The Kier molecular flexibility index (Phi) is 8.74. The first-order chi connectivity index (χ1) is 18.9. The van der Waals surface area contributed by atoms with E-state index < -0.39 is 0 Å². The van der Waals surface area contributed by atoms with Gasteiger partial charge in [0.2, 0.25) is 0 Å². The third-order valence-electron chi connectivity index (χ3n) is 8.49. The molecule has 2 fully saturated rings. The van der Waals surface area contributed by atoms with Crippen LogP contribution in [0.4, 0.5) is 0 Å². The zero-order valence-corrected chi connectivity index (χ0v) is 24.4. The lowest BCUT2D eigenvalue weighted by Gasteiger charge is -2.25. The Balaban J connectivity index is 1.61. The van der Waals surface area contributed by atoms with Crippen molar-refractivity contribution in [1.82, 2.24) is 14.8 Å². The summed E-state index contributed by atoms with van der Waals surface area (Å²) in [4.78, 5) is 28.3. The lowest BCUT2D eigenvalue weighted by molar-refractivity contribution is -0.141. The molecular weight excluding hydrogens is 510 g/mol. The number of fused-ring (bicyclic) bond motifs is 1. The van der Waals surface area contributed by atoms with Gasteiger partial charge in [0.25, 0.3) is 0 Å². The highest BCUT2D eigenvalue weighted by atomic mass is 32.1. The molecule has 0 bridgehead atoms. The minimum atomic E-state index is -0.339. The molecule has 3 heterocycles. The molecule has 0 spiro atoms. The zero-order chi connectivity index (χ0) is 27.5. The summed E-state index contributed by atoms with van der Waals surface area (Å²) in [6, 6.07) is 11.5. The molecule has 0 radical (unpaired) electrons. The summed E-state index contributed by atoms with van der Waals surface area (Å²) in [7, 11) is 2.84. The molecule has 2 aromatic heterocycles. The van der Waals surface area contributed by atoms with Crippen molar-refractivity contribution in [3.63, 3.8) is 0 Å². The Morgan fingerprint density at radius 3 is 2.54 bits per heavy atom. The molecule has 1 atom stereocenters. The summed E-state index contributed by atoms with van der Waals surface area (Å²) in [5.41, 5.74) is 5.65. The predicted octanol–water partition coefficient (Wildman–Crippen LogP) is 5.95. The van der Waals surface area contributed by atoms with Crippen LogP contribution in [0.2, 0.25) is 0 Å².